The monoisotopic (exact) mass is 458 g/mol. The molecule has 5 rings (SSSR count). The van der Waals surface area contributed by atoms with E-state index in [-0.39, 0.29) is 5.91 Å². The Balaban J connectivity index is 1.02. The van der Waals surface area contributed by atoms with Crippen molar-refractivity contribution in [2.24, 2.45) is 5.92 Å². The molecule has 1 aromatic heterocycles. The maximum Gasteiger partial charge on any atom is 0.251 e. The van der Waals surface area contributed by atoms with Crippen LogP contribution in [0.25, 0.3) is 11.0 Å². The van der Waals surface area contributed by atoms with Gasteiger partial charge in [0.2, 0.25) is 0 Å². The molecule has 1 saturated carbocycles. The van der Waals surface area contributed by atoms with E-state index in [2.05, 4.69) is 47.5 Å². The largest absolute Gasteiger partial charge is 0.464 e. The standard InChI is InChI=1S/C30H38N2O2/c1-2-22-7-11-25(12-8-22)30(33)31-26-13-9-23(10-14-26)15-18-32-19-16-24(17-20-32)28-21-34-29-6-4-3-5-27(28)29/h3-8,11-12,21,23-24,26H,2,9-10,13-20H2,1H3,(H,31,33). The molecule has 0 radical (unpaired) electrons. The molecule has 2 aliphatic rings. The average Bonchev–Trinajstić information content (AvgIpc) is 3.33. The summed E-state index contributed by atoms with van der Waals surface area (Å²) in [6, 6.07) is 16.8. The second-order valence-electron chi connectivity index (χ2n) is 10.3. The van der Waals surface area contributed by atoms with Gasteiger partial charge in [0.1, 0.15) is 5.58 Å². The molecular weight excluding hydrogens is 420 g/mol. The number of hydrogen-bond donors (Lipinski definition) is 1. The highest BCUT2D eigenvalue weighted by Gasteiger charge is 2.26. The van der Waals surface area contributed by atoms with Crippen LogP contribution in [0.5, 0.6) is 0 Å². The SMILES string of the molecule is CCc1ccc(C(=O)NC2CCC(CCN3CCC(c4coc5ccccc45)CC3)CC2)cc1. The van der Waals surface area contributed by atoms with E-state index in [1.807, 2.05) is 24.5 Å². The summed E-state index contributed by atoms with van der Waals surface area (Å²) in [5.41, 5.74) is 4.47. The Morgan fingerprint density at radius 1 is 0.971 bits per heavy atom. The minimum atomic E-state index is 0.0828. The lowest BCUT2D eigenvalue weighted by Crippen LogP contribution is -2.38. The number of furan rings is 1. The summed E-state index contributed by atoms with van der Waals surface area (Å²) < 4.78 is 5.78. The van der Waals surface area contributed by atoms with Gasteiger partial charge in [0.25, 0.3) is 5.91 Å². The van der Waals surface area contributed by atoms with Crippen LogP contribution in [0.1, 0.15) is 79.3 Å². The lowest BCUT2D eigenvalue weighted by molar-refractivity contribution is 0.0919. The second kappa shape index (κ2) is 10.8. The van der Waals surface area contributed by atoms with Crippen molar-refractivity contribution in [3.63, 3.8) is 0 Å². The molecule has 0 spiro atoms. The van der Waals surface area contributed by atoms with Crippen LogP contribution in [0.2, 0.25) is 0 Å². The van der Waals surface area contributed by atoms with Crippen molar-refractivity contribution in [3.8, 4) is 0 Å². The van der Waals surface area contributed by atoms with Gasteiger partial charge < -0.3 is 14.6 Å². The third-order valence-electron chi connectivity index (χ3n) is 8.20. The van der Waals surface area contributed by atoms with E-state index in [9.17, 15) is 4.79 Å². The van der Waals surface area contributed by atoms with Gasteiger partial charge >= 0.3 is 0 Å². The van der Waals surface area contributed by atoms with Gasteiger partial charge in [0.15, 0.2) is 0 Å². The molecule has 4 nitrogen and oxygen atoms in total. The Morgan fingerprint density at radius 2 is 1.71 bits per heavy atom. The lowest BCUT2D eigenvalue weighted by atomic mass is 9.83. The number of fused-ring (bicyclic) bond motifs is 1. The number of hydrogen-bond acceptors (Lipinski definition) is 3. The van der Waals surface area contributed by atoms with Gasteiger partial charge in [-0.25, -0.2) is 0 Å². The van der Waals surface area contributed by atoms with Crippen molar-refractivity contribution < 1.29 is 9.21 Å². The zero-order chi connectivity index (χ0) is 23.3. The minimum Gasteiger partial charge on any atom is -0.464 e. The van der Waals surface area contributed by atoms with Crippen LogP contribution >= 0.6 is 0 Å². The summed E-state index contributed by atoms with van der Waals surface area (Å²) in [4.78, 5) is 15.2. The van der Waals surface area contributed by atoms with Crippen LogP contribution in [0.4, 0.5) is 0 Å². The summed E-state index contributed by atoms with van der Waals surface area (Å²) in [6.07, 6.45) is 11.4. The Labute approximate surface area is 203 Å². The molecule has 2 heterocycles. The quantitative estimate of drug-likeness (QED) is 0.436. The normalized spacial score (nSPS) is 22.1. The van der Waals surface area contributed by atoms with Crippen molar-refractivity contribution in [1.29, 1.82) is 0 Å². The van der Waals surface area contributed by atoms with E-state index in [1.54, 1.807) is 0 Å². The zero-order valence-corrected chi connectivity index (χ0v) is 20.5. The lowest BCUT2D eigenvalue weighted by Gasteiger charge is -2.34. The Bertz CT molecular complexity index is 1070. The van der Waals surface area contributed by atoms with Gasteiger partial charge in [-0.3, -0.25) is 4.79 Å². The molecule has 1 aliphatic heterocycles. The Hall–Kier alpha value is -2.59. The molecule has 4 heteroatoms. The molecule has 0 atom stereocenters. The molecule has 0 unspecified atom stereocenters. The van der Waals surface area contributed by atoms with Gasteiger partial charge in [0.05, 0.1) is 6.26 Å². The topological polar surface area (TPSA) is 45.5 Å². The molecule has 0 bridgehead atoms. The van der Waals surface area contributed by atoms with Gasteiger partial charge in [-0.2, -0.15) is 0 Å². The van der Waals surface area contributed by atoms with Crippen molar-refractivity contribution in [2.75, 3.05) is 19.6 Å². The summed E-state index contributed by atoms with van der Waals surface area (Å²) in [5.74, 6) is 1.50. The van der Waals surface area contributed by atoms with Crippen molar-refractivity contribution in [2.45, 2.75) is 70.3 Å². The molecule has 1 N–H and O–H groups in total. The maximum absolute atomic E-state index is 12.6. The van der Waals surface area contributed by atoms with Crippen LogP contribution in [0.3, 0.4) is 0 Å². The molecule has 180 valence electrons. The van der Waals surface area contributed by atoms with Gasteiger partial charge in [-0.15, -0.1) is 0 Å². The first-order valence-electron chi connectivity index (χ1n) is 13.3. The summed E-state index contributed by atoms with van der Waals surface area (Å²) >= 11 is 0. The fourth-order valence-electron chi connectivity index (χ4n) is 5.90. The molecule has 1 aliphatic carbocycles. The smallest absolute Gasteiger partial charge is 0.251 e. The number of nitrogens with zero attached hydrogens (tertiary/aromatic N) is 1. The fourth-order valence-corrected chi connectivity index (χ4v) is 5.90. The predicted octanol–water partition coefficient (Wildman–Crippen LogP) is 6.55. The Kier molecular flexibility index (Phi) is 7.34. The van der Waals surface area contributed by atoms with E-state index in [0.29, 0.717) is 12.0 Å². The first kappa shape index (κ1) is 23.2. The van der Waals surface area contributed by atoms with Crippen LogP contribution in [-0.4, -0.2) is 36.5 Å². The maximum atomic E-state index is 12.6. The molecule has 1 amide bonds. The number of amides is 1. The summed E-state index contributed by atoms with van der Waals surface area (Å²) in [5, 5.41) is 4.57. The average molecular weight is 459 g/mol. The van der Waals surface area contributed by atoms with E-state index >= 15 is 0 Å². The third-order valence-corrected chi connectivity index (χ3v) is 8.20. The van der Waals surface area contributed by atoms with Crippen LogP contribution < -0.4 is 5.32 Å². The molecule has 34 heavy (non-hydrogen) atoms. The van der Waals surface area contributed by atoms with E-state index in [1.165, 1.54) is 68.3 Å². The van der Waals surface area contributed by atoms with Crippen LogP contribution in [0.15, 0.2) is 59.2 Å². The van der Waals surface area contributed by atoms with E-state index in [0.717, 1.165) is 36.3 Å². The number of rotatable bonds is 7. The zero-order valence-electron chi connectivity index (χ0n) is 20.5. The summed E-state index contributed by atoms with van der Waals surface area (Å²) in [6.45, 7) is 5.72. The molecular formula is C30H38N2O2. The van der Waals surface area contributed by atoms with E-state index in [4.69, 9.17) is 4.42 Å². The first-order chi connectivity index (χ1) is 16.7. The molecule has 2 fully saturated rings. The fraction of sp³-hybridized carbons (Fsp3) is 0.500. The van der Waals surface area contributed by atoms with Crippen molar-refractivity contribution in [3.05, 3.63) is 71.5 Å². The highest BCUT2D eigenvalue weighted by molar-refractivity contribution is 5.94. The van der Waals surface area contributed by atoms with Crippen LogP contribution in [0, 0.1) is 5.92 Å². The number of likely N-dealkylation sites (tertiary alicyclic amines) is 1. The number of benzene rings is 2. The number of aryl methyl sites for hydroxylation is 1. The van der Waals surface area contributed by atoms with Gasteiger partial charge in [0, 0.05) is 22.6 Å². The van der Waals surface area contributed by atoms with Crippen LogP contribution in [-0.2, 0) is 6.42 Å². The molecule has 1 saturated heterocycles. The number of piperidine rings is 1. The second-order valence-corrected chi connectivity index (χ2v) is 10.3. The molecule has 3 aromatic rings. The third kappa shape index (κ3) is 5.38. The highest BCUT2D eigenvalue weighted by atomic mass is 16.3. The van der Waals surface area contributed by atoms with Crippen molar-refractivity contribution >= 4 is 16.9 Å². The minimum absolute atomic E-state index is 0.0828. The van der Waals surface area contributed by atoms with Crippen molar-refractivity contribution in [1.82, 2.24) is 10.2 Å². The predicted molar refractivity (Wildman–Crippen MR) is 138 cm³/mol. The number of para-hydroxylation sites is 1. The Morgan fingerprint density at radius 3 is 2.44 bits per heavy atom. The number of carbonyl (C=O) groups excluding carboxylic acids is 1. The van der Waals surface area contributed by atoms with Gasteiger partial charge in [-0.1, -0.05) is 37.3 Å². The van der Waals surface area contributed by atoms with E-state index < -0.39 is 0 Å². The molecule has 2 aromatic carbocycles. The first-order valence-corrected chi connectivity index (χ1v) is 13.3. The highest BCUT2D eigenvalue weighted by Crippen LogP contribution is 2.35. The summed E-state index contributed by atoms with van der Waals surface area (Å²) in [7, 11) is 0. The number of nitrogens with one attached hydrogen (secondary N) is 1. The van der Waals surface area contributed by atoms with Gasteiger partial charge in [-0.05, 0) is 107 Å². The number of carbonyl (C=O) groups is 1.